The van der Waals surface area contributed by atoms with Gasteiger partial charge in [-0.05, 0) is 60.0 Å². The van der Waals surface area contributed by atoms with Crippen molar-refractivity contribution in [1.82, 2.24) is 4.98 Å². The molecule has 29 heavy (non-hydrogen) atoms. The van der Waals surface area contributed by atoms with Crippen molar-refractivity contribution in [2.45, 2.75) is 28.4 Å². The Hall–Kier alpha value is -2.84. The van der Waals surface area contributed by atoms with E-state index in [9.17, 15) is 13.2 Å². The van der Waals surface area contributed by atoms with E-state index < -0.39 is 16.0 Å². The number of thioether (sulfide) groups is 1. The summed E-state index contributed by atoms with van der Waals surface area (Å²) in [6.45, 7) is 0. The van der Waals surface area contributed by atoms with E-state index in [0.29, 0.717) is 12.1 Å². The molecule has 0 spiro atoms. The molecule has 6 nitrogen and oxygen atoms in total. The molecule has 2 N–H and O–H groups in total. The summed E-state index contributed by atoms with van der Waals surface area (Å²) < 4.78 is 27.7. The zero-order valence-corrected chi connectivity index (χ0v) is 17.1. The van der Waals surface area contributed by atoms with Crippen LogP contribution in [-0.4, -0.2) is 24.5 Å². The minimum Gasteiger partial charge on any atom is -0.481 e. The van der Waals surface area contributed by atoms with Crippen LogP contribution in [0.4, 0.5) is 5.69 Å². The summed E-state index contributed by atoms with van der Waals surface area (Å²) in [5, 5.41) is 8.72. The van der Waals surface area contributed by atoms with Gasteiger partial charge in [0.05, 0.1) is 4.90 Å². The lowest BCUT2D eigenvalue weighted by Gasteiger charge is -2.09. The van der Waals surface area contributed by atoms with Gasteiger partial charge < -0.3 is 5.11 Å². The maximum Gasteiger partial charge on any atom is 0.303 e. The molecule has 8 heteroatoms. The van der Waals surface area contributed by atoms with E-state index in [1.54, 1.807) is 42.2 Å². The highest BCUT2D eigenvalue weighted by Crippen LogP contribution is 2.25. The van der Waals surface area contributed by atoms with E-state index in [4.69, 9.17) is 5.11 Å². The number of sulfonamides is 1. The number of benzene rings is 2. The summed E-state index contributed by atoms with van der Waals surface area (Å²) in [6.07, 6.45) is 3.93. The molecule has 150 valence electrons. The summed E-state index contributed by atoms with van der Waals surface area (Å²) >= 11 is 1.65. The van der Waals surface area contributed by atoms with Crippen LogP contribution in [0.2, 0.25) is 0 Å². The monoisotopic (exact) mass is 428 g/mol. The smallest absolute Gasteiger partial charge is 0.303 e. The number of hydrogen-bond donors (Lipinski definition) is 2. The highest BCUT2D eigenvalue weighted by Gasteiger charge is 2.14. The molecule has 2 aromatic carbocycles. The number of nitrogens with one attached hydrogen (secondary N) is 1. The van der Waals surface area contributed by atoms with E-state index in [0.717, 1.165) is 21.8 Å². The number of pyridine rings is 1. The topological polar surface area (TPSA) is 96.4 Å². The van der Waals surface area contributed by atoms with E-state index in [2.05, 4.69) is 9.71 Å². The Balaban J connectivity index is 1.60. The fourth-order valence-corrected chi connectivity index (χ4v) is 4.46. The normalized spacial score (nSPS) is 11.2. The van der Waals surface area contributed by atoms with E-state index >= 15 is 0 Å². The van der Waals surface area contributed by atoms with Gasteiger partial charge in [0.2, 0.25) is 0 Å². The van der Waals surface area contributed by atoms with Crippen LogP contribution in [0.25, 0.3) is 0 Å². The maximum atomic E-state index is 12.6. The molecule has 0 saturated heterocycles. The number of anilines is 1. The second-order valence-electron chi connectivity index (χ2n) is 6.32. The van der Waals surface area contributed by atoms with Crippen LogP contribution < -0.4 is 4.72 Å². The fourth-order valence-electron chi connectivity index (χ4n) is 2.57. The Morgan fingerprint density at radius 2 is 1.72 bits per heavy atom. The Morgan fingerprint density at radius 1 is 1.00 bits per heavy atom. The van der Waals surface area contributed by atoms with Gasteiger partial charge in [-0.2, -0.15) is 0 Å². The van der Waals surface area contributed by atoms with Crippen molar-refractivity contribution in [3.05, 3.63) is 84.2 Å². The van der Waals surface area contributed by atoms with Crippen LogP contribution in [0.5, 0.6) is 0 Å². The molecule has 0 aliphatic heterocycles. The SMILES string of the molecule is O=C(O)CCc1ccc(S(=O)(=O)Nc2ccc(SCc3cccnc3)cc2)cc1. The van der Waals surface area contributed by atoms with Gasteiger partial charge in [0.1, 0.15) is 0 Å². The molecule has 0 unspecified atom stereocenters. The Morgan fingerprint density at radius 3 is 2.34 bits per heavy atom. The Bertz CT molecular complexity index is 1050. The molecular weight excluding hydrogens is 408 g/mol. The Labute approximate surface area is 174 Å². The van der Waals surface area contributed by atoms with Gasteiger partial charge >= 0.3 is 5.97 Å². The summed E-state index contributed by atoms with van der Waals surface area (Å²) in [7, 11) is -3.71. The van der Waals surface area contributed by atoms with Crippen molar-refractivity contribution in [2.24, 2.45) is 0 Å². The van der Waals surface area contributed by atoms with Gasteiger partial charge in [0, 0.05) is 35.2 Å². The number of carboxylic acids is 1. The molecule has 0 atom stereocenters. The number of hydrogen-bond acceptors (Lipinski definition) is 5. The van der Waals surface area contributed by atoms with Crippen molar-refractivity contribution < 1.29 is 18.3 Å². The van der Waals surface area contributed by atoms with Crippen LogP contribution >= 0.6 is 11.8 Å². The zero-order chi connectivity index (χ0) is 20.7. The molecular formula is C21H20N2O4S2. The first-order valence-corrected chi connectivity index (χ1v) is 11.3. The molecule has 3 rings (SSSR count). The third kappa shape index (κ3) is 6.33. The number of aliphatic carboxylic acids is 1. The minimum atomic E-state index is -3.71. The average molecular weight is 429 g/mol. The first-order chi connectivity index (χ1) is 13.9. The third-order valence-corrected chi connectivity index (χ3v) is 6.58. The van der Waals surface area contributed by atoms with Gasteiger partial charge in [-0.25, -0.2) is 8.42 Å². The molecule has 0 fully saturated rings. The maximum absolute atomic E-state index is 12.6. The standard InChI is InChI=1S/C21H20N2O4S2/c24-21(25)12-5-16-3-10-20(11-4-16)29(26,27)23-18-6-8-19(9-7-18)28-15-17-2-1-13-22-14-17/h1-4,6-11,13-14,23H,5,12,15H2,(H,24,25). The first kappa shape index (κ1) is 20.9. The van der Waals surface area contributed by atoms with Gasteiger partial charge in [-0.1, -0.05) is 18.2 Å². The van der Waals surface area contributed by atoms with Crippen LogP contribution in [0.1, 0.15) is 17.5 Å². The number of carboxylic acid groups (broad SMARTS) is 1. The number of carbonyl (C=O) groups is 1. The lowest BCUT2D eigenvalue weighted by Crippen LogP contribution is -2.12. The molecule has 0 radical (unpaired) electrons. The van der Waals surface area contributed by atoms with Crippen molar-refractivity contribution in [1.29, 1.82) is 0 Å². The second kappa shape index (κ2) is 9.58. The molecule has 0 saturated carbocycles. The summed E-state index contributed by atoms with van der Waals surface area (Å²) in [5.41, 5.74) is 2.38. The molecule has 3 aromatic rings. The number of rotatable bonds is 9. The van der Waals surface area contributed by atoms with Crippen LogP contribution in [0, 0.1) is 0 Å². The van der Waals surface area contributed by atoms with Gasteiger partial charge in [-0.3, -0.25) is 14.5 Å². The molecule has 1 aromatic heterocycles. The third-order valence-electron chi connectivity index (χ3n) is 4.10. The molecule has 0 amide bonds. The summed E-state index contributed by atoms with van der Waals surface area (Å²) in [5.74, 6) is -0.0990. The predicted octanol–water partition coefficient (Wildman–Crippen LogP) is 4.19. The lowest BCUT2D eigenvalue weighted by atomic mass is 10.1. The van der Waals surface area contributed by atoms with Crippen LogP contribution in [-0.2, 0) is 27.0 Å². The largest absolute Gasteiger partial charge is 0.481 e. The van der Waals surface area contributed by atoms with Gasteiger partial charge in [0.25, 0.3) is 10.0 Å². The van der Waals surface area contributed by atoms with E-state index in [1.807, 2.05) is 30.5 Å². The minimum absolute atomic E-state index is 0.00942. The summed E-state index contributed by atoms with van der Waals surface area (Å²) in [6, 6.07) is 17.3. The van der Waals surface area contributed by atoms with Crippen molar-refractivity contribution in [2.75, 3.05) is 4.72 Å². The number of aryl methyl sites for hydroxylation is 1. The first-order valence-electron chi connectivity index (χ1n) is 8.88. The molecule has 1 heterocycles. The lowest BCUT2D eigenvalue weighted by molar-refractivity contribution is -0.136. The van der Waals surface area contributed by atoms with E-state index in [-0.39, 0.29) is 11.3 Å². The Kier molecular flexibility index (Phi) is 6.90. The van der Waals surface area contributed by atoms with Crippen molar-refractivity contribution in [3.8, 4) is 0 Å². The quantitative estimate of drug-likeness (QED) is 0.496. The highest BCUT2D eigenvalue weighted by atomic mass is 32.2. The molecule has 0 aliphatic carbocycles. The van der Waals surface area contributed by atoms with Crippen molar-refractivity contribution >= 4 is 33.4 Å². The second-order valence-corrected chi connectivity index (χ2v) is 9.05. The number of aromatic nitrogens is 1. The molecule has 0 bridgehead atoms. The average Bonchev–Trinajstić information content (AvgIpc) is 2.72. The van der Waals surface area contributed by atoms with Gasteiger partial charge in [0.15, 0.2) is 0 Å². The van der Waals surface area contributed by atoms with Crippen molar-refractivity contribution in [3.63, 3.8) is 0 Å². The zero-order valence-electron chi connectivity index (χ0n) is 15.5. The molecule has 0 aliphatic rings. The summed E-state index contributed by atoms with van der Waals surface area (Å²) in [4.78, 5) is 15.9. The van der Waals surface area contributed by atoms with Crippen LogP contribution in [0.3, 0.4) is 0 Å². The van der Waals surface area contributed by atoms with Gasteiger partial charge in [-0.15, -0.1) is 11.8 Å². The van der Waals surface area contributed by atoms with Crippen LogP contribution in [0.15, 0.2) is 82.8 Å². The highest BCUT2D eigenvalue weighted by molar-refractivity contribution is 7.98. The fraction of sp³-hybridized carbons (Fsp3) is 0.143. The van der Waals surface area contributed by atoms with E-state index in [1.165, 1.54) is 12.1 Å². The predicted molar refractivity (Wildman–Crippen MR) is 113 cm³/mol. The number of nitrogens with zero attached hydrogens (tertiary/aromatic N) is 1.